The number of rotatable bonds is 4. The van der Waals surface area contributed by atoms with Crippen molar-refractivity contribution in [1.29, 1.82) is 0 Å². The van der Waals surface area contributed by atoms with Crippen molar-refractivity contribution >= 4 is 25.4 Å². The number of fused-ring (bicyclic) bond motifs is 10. The van der Waals surface area contributed by atoms with E-state index in [1.54, 1.807) is 0 Å². The molecular formula is C47H35N2OSi. The fraction of sp³-hybridized carbons (Fsp3) is 0.0851. The van der Waals surface area contributed by atoms with Gasteiger partial charge in [-0.2, -0.15) is 0 Å². The summed E-state index contributed by atoms with van der Waals surface area (Å²) >= 11 is 0. The molecule has 243 valence electrons. The van der Waals surface area contributed by atoms with Gasteiger partial charge in [-0.25, -0.2) is 0 Å². The lowest BCUT2D eigenvalue weighted by Crippen LogP contribution is -2.32. The van der Waals surface area contributed by atoms with Gasteiger partial charge in [-0.05, 0) is 63.2 Å². The lowest BCUT2D eigenvalue weighted by Gasteiger charge is -2.39. The number of nitrogens with zero attached hydrogens (tertiary/aromatic N) is 1. The molecule has 10 rings (SSSR count). The van der Waals surface area contributed by atoms with E-state index in [9.17, 15) is 0 Å². The van der Waals surface area contributed by atoms with E-state index in [1.807, 2.05) is 0 Å². The molecule has 7 aromatic rings. The van der Waals surface area contributed by atoms with E-state index in [2.05, 4.69) is 182 Å². The molecule has 1 unspecified atom stereocenters. The van der Waals surface area contributed by atoms with E-state index < -0.39 is 14.2 Å². The van der Waals surface area contributed by atoms with Crippen LogP contribution in [0.2, 0.25) is 13.1 Å². The van der Waals surface area contributed by atoms with Gasteiger partial charge in [-0.1, -0.05) is 158 Å². The van der Waals surface area contributed by atoms with Crippen LogP contribution in [-0.4, -0.2) is 14.5 Å². The van der Waals surface area contributed by atoms with E-state index in [-0.39, 0.29) is 6.17 Å². The number of nitrogens with one attached hydrogen (secondary N) is 1. The van der Waals surface area contributed by atoms with Crippen LogP contribution in [0.1, 0.15) is 45.1 Å². The van der Waals surface area contributed by atoms with Crippen LogP contribution in [-0.2, 0) is 5.41 Å². The van der Waals surface area contributed by atoms with Gasteiger partial charge in [0.15, 0.2) is 0 Å². The molecule has 7 aromatic carbocycles. The molecule has 1 radical (unpaired) electrons. The monoisotopic (exact) mass is 671 g/mol. The quantitative estimate of drug-likeness (QED) is 0.189. The molecule has 2 aliphatic heterocycles. The summed E-state index contributed by atoms with van der Waals surface area (Å²) in [7, 11) is -0.460. The minimum absolute atomic E-state index is 0.210. The first-order chi connectivity index (χ1) is 25.1. The molecule has 1 spiro atoms. The van der Waals surface area contributed by atoms with Gasteiger partial charge in [0.05, 0.1) is 19.9 Å². The third-order valence-electron chi connectivity index (χ3n) is 10.9. The van der Waals surface area contributed by atoms with Crippen LogP contribution in [0, 0.1) is 0 Å². The van der Waals surface area contributed by atoms with Gasteiger partial charge >= 0.3 is 0 Å². The van der Waals surface area contributed by atoms with Crippen molar-refractivity contribution in [3.8, 4) is 33.8 Å². The molecule has 0 saturated heterocycles. The number of benzene rings is 7. The van der Waals surface area contributed by atoms with Gasteiger partial charge in [-0.3, -0.25) is 4.99 Å². The number of aliphatic imine (C=N–C) groups is 1. The lowest BCUT2D eigenvalue weighted by molar-refractivity contribution is 0.436. The Kier molecular flexibility index (Phi) is 6.77. The van der Waals surface area contributed by atoms with Crippen LogP contribution in [0.4, 0.5) is 5.69 Å². The van der Waals surface area contributed by atoms with Crippen LogP contribution >= 0.6 is 0 Å². The van der Waals surface area contributed by atoms with Crippen LogP contribution < -0.4 is 15.2 Å². The van der Waals surface area contributed by atoms with Crippen LogP contribution in [0.5, 0.6) is 11.5 Å². The number of ether oxygens (including phenoxy) is 1. The summed E-state index contributed by atoms with van der Waals surface area (Å²) in [6.07, 6.45) is -0.210. The number of hydrogen-bond acceptors (Lipinski definition) is 3. The molecule has 2 heterocycles. The molecule has 1 atom stereocenters. The predicted molar refractivity (Wildman–Crippen MR) is 211 cm³/mol. The second-order valence-electron chi connectivity index (χ2n) is 13.9. The van der Waals surface area contributed by atoms with Crippen molar-refractivity contribution < 1.29 is 4.74 Å². The highest BCUT2D eigenvalue weighted by Gasteiger charge is 2.51. The molecule has 0 bridgehead atoms. The number of anilines is 1. The Morgan fingerprint density at radius 3 is 1.76 bits per heavy atom. The fourth-order valence-corrected chi connectivity index (χ4v) is 9.28. The van der Waals surface area contributed by atoms with E-state index in [0.29, 0.717) is 0 Å². The molecule has 1 N–H and O–H groups in total. The van der Waals surface area contributed by atoms with Crippen LogP contribution in [0.25, 0.3) is 22.3 Å². The first-order valence-corrected chi connectivity index (χ1v) is 20.2. The van der Waals surface area contributed by atoms with E-state index in [1.165, 1.54) is 49.7 Å². The van der Waals surface area contributed by atoms with Crippen LogP contribution in [0.15, 0.2) is 169 Å². The maximum absolute atomic E-state index is 6.53. The third kappa shape index (κ3) is 4.53. The Bertz CT molecular complexity index is 2470. The zero-order valence-electron chi connectivity index (χ0n) is 28.5. The Morgan fingerprint density at radius 2 is 1.08 bits per heavy atom. The highest BCUT2D eigenvalue weighted by molar-refractivity contribution is 6.70. The average molecular weight is 672 g/mol. The molecule has 51 heavy (non-hydrogen) atoms. The minimum Gasteiger partial charge on any atom is -0.457 e. The maximum atomic E-state index is 6.53. The maximum Gasteiger partial charge on any atom is 0.145 e. The highest BCUT2D eigenvalue weighted by atomic mass is 28.3. The largest absolute Gasteiger partial charge is 0.457 e. The minimum atomic E-state index is -0.482. The molecule has 0 saturated carbocycles. The molecular weight excluding hydrogens is 637 g/mol. The summed E-state index contributed by atoms with van der Waals surface area (Å²) in [6.45, 7) is 4.67. The Hall–Kier alpha value is -5.97. The molecule has 0 amide bonds. The molecule has 1 aliphatic carbocycles. The zero-order valence-corrected chi connectivity index (χ0v) is 29.5. The van der Waals surface area contributed by atoms with E-state index in [0.717, 1.165) is 39.6 Å². The Morgan fingerprint density at radius 1 is 0.529 bits per heavy atom. The van der Waals surface area contributed by atoms with Crippen LogP contribution in [0.3, 0.4) is 0 Å². The first-order valence-electron chi connectivity index (χ1n) is 17.7. The molecule has 0 fully saturated rings. The van der Waals surface area contributed by atoms with Gasteiger partial charge in [0, 0.05) is 27.9 Å². The van der Waals surface area contributed by atoms with Crippen molar-refractivity contribution in [1.82, 2.24) is 0 Å². The SMILES string of the molecule is C[Si](C)c1ccc(-c2ccc(C3N=C(c4ccc5c(c4)-c4ccccc4C54c5ccccc5Oc5ccccc54)c4ccccc4N3)cc2)cc1. The van der Waals surface area contributed by atoms with E-state index in [4.69, 9.17) is 9.73 Å². The normalized spacial score (nSPS) is 15.8. The van der Waals surface area contributed by atoms with Gasteiger partial charge in [0.25, 0.3) is 0 Å². The molecule has 4 heteroatoms. The summed E-state index contributed by atoms with van der Waals surface area (Å²) in [4.78, 5) is 5.44. The van der Waals surface area contributed by atoms with Gasteiger partial charge in [-0.15, -0.1) is 0 Å². The summed E-state index contributed by atoms with van der Waals surface area (Å²) in [5.41, 5.74) is 14.8. The Balaban J connectivity index is 1.10. The molecule has 3 aliphatic rings. The van der Waals surface area contributed by atoms with E-state index >= 15 is 0 Å². The van der Waals surface area contributed by atoms with Crippen molar-refractivity contribution in [2.75, 3.05) is 5.32 Å². The molecule has 3 nitrogen and oxygen atoms in total. The topological polar surface area (TPSA) is 33.6 Å². The first kappa shape index (κ1) is 29.9. The van der Waals surface area contributed by atoms with Crippen molar-refractivity contribution in [2.45, 2.75) is 24.7 Å². The zero-order chi connectivity index (χ0) is 34.1. The summed E-state index contributed by atoms with van der Waals surface area (Å²) < 4.78 is 6.53. The summed E-state index contributed by atoms with van der Waals surface area (Å²) in [6, 6.07) is 59.4. The number of hydrogen-bond donors (Lipinski definition) is 1. The summed E-state index contributed by atoms with van der Waals surface area (Å²) in [5.74, 6) is 1.81. The second kappa shape index (κ2) is 11.5. The highest BCUT2D eigenvalue weighted by Crippen LogP contribution is 2.62. The van der Waals surface area contributed by atoms with Gasteiger partial charge < -0.3 is 10.1 Å². The predicted octanol–water partition coefficient (Wildman–Crippen LogP) is 10.7. The lowest BCUT2D eigenvalue weighted by atomic mass is 9.66. The fourth-order valence-electron chi connectivity index (χ4n) is 8.44. The standard InChI is InChI=1S/C47H35N2OSi/c1-51(2)34-26-23-31(24-27-34)30-19-21-32(22-20-30)46-48-42-16-8-4-12-36(42)45(49-46)33-25-28-39-37(29-33)35-11-3-5-13-38(35)47(39)40-14-6-9-17-43(40)50-44-18-10-7-15-41(44)47/h3-29,46,48H,1-2H3. The van der Waals surface area contributed by atoms with Crippen molar-refractivity contribution in [3.05, 3.63) is 203 Å². The average Bonchev–Trinajstić information content (AvgIpc) is 3.47. The smallest absolute Gasteiger partial charge is 0.145 e. The van der Waals surface area contributed by atoms with Crippen molar-refractivity contribution in [3.63, 3.8) is 0 Å². The second-order valence-corrected chi connectivity index (χ2v) is 16.5. The van der Waals surface area contributed by atoms with Crippen molar-refractivity contribution in [2.24, 2.45) is 4.99 Å². The summed E-state index contributed by atoms with van der Waals surface area (Å²) in [5, 5.41) is 5.19. The molecule has 0 aromatic heterocycles. The Labute approximate surface area is 300 Å². The van der Waals surface area contributed by atoms with Gasteiger partial charge in [0.2, 0.25) is 0 Å². The third-order valence-corrected chi connectivity index (χ3v) is 12.4. The van der Waals surface area contributed by atoms with Gasteiger partial charge in [0.1, 0.15) is 17.7 Å². The number of para-hydroxylation sites is 3.